The van der Waals surface area contributed by atoms with E-state index in [1.807, 2.05) is 29.6 Å². The SMILES string of the molecule is CCCCOc1ccc(C(=O)Nc2ccc(-c3nccs3)cc2)cc1OC. The molecule has 0 bridgehead atoms. The second-order valence-electron chi connectivity index (χ2n) is 5.94. The molecule has 0 saturated heterocycles. The Morgan fingerprint density at radius 3 is 2.63 bits per heavy atom. The number of hydrogen-bond donors (Lipinski definition) is 1. The van der Waals surface area contributed by atoms with Crippen LogP contribution in [0.1, 0.15) is 30.1 Å². The van der Waals surface area contributed by atoms with Gasteiger partial charge >= 0.3 is 0 Å². The zero-order valence-electron chi connectivity index (χ0n) is 15.4. The fraction of sp³-hybridized carbons (Fsp3) is 0.238. The summed E-state index contributed by atoms with van der Waals surface area (Å²) < 4.78 is 11.1. The van der Waals surface area contributed by atoms with Crippen molar-refractivity contribution in [1.29, 1.82) is 0 Å². The number of amides is 1. The molecule has 1 N–H and O–H groups in total. The molecule has 5 nitrogen and oxygen atoms in total. The summed E-state index contributed by atoms with van der Waals surface area (Å²) in [6.07, 6.45) is 3.81. The highest BCUT2D eigenvalue weighted by Crippen LogP contribution is 2.29. The van der Waals surface area contributed by atoms with Crippen LogP contribution in [0.4, 0.5) is 5.69 Å². The number of nitrogens with one attached hydrogen (secondary N) is 1. The van der Waals surface area contributed by atoms with Crippen LogP contribution in [0.25, 0.3) is 10.6 Å². The van der Waals surface area contributed by atoms with Crippen LogP contribution in [0.2, 0.25) is 0 Å². The number of benzene rings is 2. The third kappa shape index (κ3) is 4.86. The predicted octanol–water partition coefficient (Wildman–Crippen LogP) is 5.25. The highest BCUT2D eigenvalue weighted by atomic mass is 32.1. The molecule has 0 unspecified atom stereocenters. The first-order valence-electron chi connectivity index (χ1n) is 8.83. The number of aromatic nitrogens is 1. The van der Waals surface area contributed by atoms with Crippen molar-refractivity contribution < 1.29 is 14.3 Å². The molecular formula is C21H22N2O3S. The number of nitrogens with zero attached hydrogens (tertiary/aromatic N) is 1. The number of carbonyl (C=O) groups excluding carboxylic acids is 1. The summed E-state index contributed by atoms with van der Waals surface area (Å²) in [4.78, 5) is 16.8. The van der Waals surface area contributed by atoms with Gasteiger partial charge in [0.05, 0.1) is 13.7 Å². The first kappa shape index (κ1) is 18.9. The molecule has 0 aliphatic carbocycles. The third-order valence-corrected chi connectivity index (χ3v) is 4.83. The van der Waals surface area contributed by atoms with Crippen LogP contribution in [-0.4, -0.2) is 24.6 Å². The summed E-state index contributed by atoms with van der Waals surface area (Å²) >= 11 is 1.58. The minimum Gasteiger partial charge on any atom is -0.493 e. The Kier molecular flexibility index (Phi) is 6.44. The van der Waals surface area contributed by atoms with Crippen LogP contribution in [0.5, 0.6) is 11.5 Å². The lowest BCUT2D eigenvalue weighted by Crippen LogP contribution is -2.12. The Morgan fingerprint density at radius 2 is 1.96 bits per heavy atom. The molecule has 3 aromatic rings. The number of carbonyl (C=O) groups is 1. The molecule has 140 valence electrons. The van der Waals surface area contributed by atoms with E-state index in [4.69, 9.17) is 9.47 Å². The van der Waals surface area contributed by atoms with E-state index in [1.165, 1.54) is 0 Å². The Hall–Kier alpha value is -2.86. The molecular weight excluding hydrogens is 360 g/mol. The van der Waals surface area contributed by atoms with Crippen molar-refractivity contribution in [3.05, 3.63) is 59.6 Å². The van der Waals surface area contributed by atoms with E-state index < -0.39 is 0 Å². The van der Waals surface area contributed by atoms with E-state index in [2.05, 4.69) is 17.2 Å². The maximum absolute atomic E-state index is 12.5. The molecule has 0 saturated carbocycles. The van der Waals surface area contributed by atoms with E-state index in [0.717, 1.165) is 29.1 Å². The zero-order chi connectivity index (χ0) is 19.1. The van der Waals surface area contributed by atoms with E-state index in [9.17, 15) is 4.79 Å². The summed E-state index contributed by atoms with van der Waals surface area (Å²) in [5.74, 6) is 1.00. The maximum atomic E-state index is 12.5. The van der Waals surface area contributed by atoms with Crippen molar-refractivity contribution in [3.8, 4) is 22.1 Å². The first-order valence-corrected chi connectivity index (χ1v) is 9.71. The minimum absolute atomic E-state index is 0.199. The average molecular weight is 382 g/mol. The molecule has 0 aliphatic rings. The zero-order valence-corrected chi connectivity index (χ0v) is 16.2. The van der Waals surface area contributed by atoms with E-state index >= 15 is 0 Å². The quantitative estimate of drug-likeness (QED) is 0.541. The molecule has 0 aliphatic heterocycles. The molecule has 0 fully saturated rings. The van der Waals surface area contributed by atoms with Gasteiger partial charge in [0, 0.05) is 28.4 Å². The van der Waals surface area contributed by atoms with Crippen LogP contribution in [0, 0.1) is 0 Å². The van der Waals surface area contributed by atoms with Crippen LogP contribution in [-0.2, 0) is 0 Å². The van der Waals surface area contributed by atoms with E-state index in [0.29, 0.717) is 23.7 Å². The van der Waals surface area contributed by atoms with Crippen molar-refractivity contribution >= 4 is 22.9 Å². The summed E-state index contributed by atoms with van der Waals surface area (Å²) in [5.41, 5.74) is 2.26. The number of rotatable bonds is 8. The van der Waals surface area contributed by atoms with Crippen molar-refractivity contribution in [1.82, 2.24) is 4.98 Å². The van der Waals surface area contributed by atoms with Crippen LogP contribution < -0.4 is 14.8 Å². The monoisotopic (exact) mass is 382 g/mol. The van der Waals surface area contributed by atoms with Gasteiger partial charge in [0.25, 0.3) is 5.91 Å². The Balaban J connectivity index is 1.68. The van der Waals surface area contributed by atoms with Crippen molar-refractivity contribution in [2.24, 2.45) is 0 Å². The maximum Gasteiger partial charge on any atom is 0.255 e. The van der Waals surface area contributed by atoms with Gasteiger partial charge < -0.3 is 14.8 Å². The number of hydrogen-bond acceptors (Lipinski definition) is 5. The molecule has 0 atom stereocenters. The highest BCUT2D eigenvalue weighted by Gasteiger charge is 2.12. The molecule has 27 heavy (non-hydrogen) atoms. The first-order chi connectivity index (χ1) is 13.2. The lowest BCUT2D eigenvalue weighted by molar-refractivity contribution is 0.102. The summed E-state index contributed by atoms with van der Waals surface area (Å²) in [6.45, 7) is 2.74. The second-order valence-corrected chi connectivity index (χ2v) is 6.83. The molecule has 1 aromatic heterocycles. The Bertz CT molecular complexity index is 877. The molecule has 6 heteroatoms. The summed E-state index contributed by atoms with van der Waals surface area (Å²) in [7, 11) is 1.57. The number of methoxy groups -OCH3 is 1. The van der Waals surface area contributed by atoms with E-state index in [1.54, 1.807) is 42.8 Å². The van der Waals surface area contributed by atoms with Crippen LogP contribution >= 0.6 is 11.3 Å². The summed E-state index contributed by atoms with van der Waals surface area (Å²) in [6, 6.07) is 12.8. The number of anilines is 1. The van der Waals surface area contributed by atoms with Crippen molar-refractivity contribution in [2.45, 2.75) is 19.8 Å². The highest BCUT2D eigenvalue weighted by molar-refractivity contribution is 7.13. The second kappa shape index (κ2) is 9.19. The van der Waals surface area contributed by atoms with E-state index in [-0.39, 0.29) is 5.91 Å². The van der Waals surface area contributed by atoms with Crippen LogP contribution in [0.15, 0.2) is 54.0 Å². The van der Waals surface area contributed by atoms with Crippen molar-refractivity contribution in [3.63, 3.8) is 0 Å². The van der Waals surface area contributed by atoms with Gasteiger partial charge in [0.2, 0.25) is 0 Å². The van der Waals surface area contributed by atoms with Gasteiger partial charge in [-0.3, -0.25) is 4.79 Å². The fourth-order valence-corrected chi connectivity index (χ4v) is 3.16. The lowest BCUT2D eigenvalue weighted by Gasteiger charge is -2.12. The molecule has 0 spiro atoms. The molecule has 1 heterocycles. The Morgan fingerprint density at radius 1 is 1.15 bits per heavy atom. The molecule has 2 aromatic carbocycles. The molecule has 1 amide bonds. The van der Waals surface area contributed by atoms with Crippen molar-refractivity contribution in [2.75, 3.05) is 19.0 Å². The normalized spacial score (nSPS) is 10.4. The number of unbranched alkanes of at least 4 members (excludes halogenated alkanes) is 1. The smallest absolute Gasteiger partial charge is 0.255 e. The largest absolute Gasteiger partial charge is 0.493 e. The van der Waals surface area contributed by atoms with Crippen LogP contribution in [0.3, 0.4) is 0 Å². The third-order valence-electron chi connectivity index (χ3n) is 4.00. The van der Waals surface area contributed by atoms with Gasteiger partial charge in [0.1, 0.15) is 5.01 Å². The average Bonchev–Trinajstić information content (AvgIpc) is 3.23. The number of thiazole rings is 1. The van der Waals surface area contributed by atoms with Gasteiger partial charge in [-0.25, -0.2) is 4.98 Å². The van der Waals surface area contributed by atoms with Gasteiger partial charge in [0.15, 0.2) is 11.5 Å². The summed E-state index contributed by atoms with van der Waals surface area (Å²) in [5, 5.41) is 5.79. The molecule has 3 rings (SSSR count). The number of ether oxygens (including phenoxy) is 2. The predicted molar refractivity (Wildman–Crippen MR) is 109 cm³/mol. The van der Waals surface area contributed by atoms with Gasteiger partial charge in [-0.2, -0.15) is 0 Å². The topological polar surface area (TPSA) is 60.5 Å². The standard InChI is InChI=1S/C21H22N2O3S/c1-3-4-12-26-18-10-7-16(14-19(18)25-2)20(24)23-17-8-5-15(6-9-17)21-22-11-13-27-21/h5-11,13-14H,3-4,12H2,1-2H3,(H,23,24). The fourth-order valence-electron chi connectivity index (χ4n) is 2.52. The minimum atomic E-state index is -0.199. The Labute approximate surface area is 163 Å². The molecule has 0 radical (unpaired) electrons. The van der Waals surface area contributed by atoms with Gasteiger partial charge in [-0.15, -0.1) is 11.3 Å². The van der Waals surface area contributed by atoms with Gasteiger partial charge in [-0.05, 0) is 48.9 Å². The van der Waals surface area contributed by atoms with Gasteiger partial charge in [-0.1, -0.05) is 13.3 Å². The lowest BCUT2D eigenvalue weighted by atomic mass is 10.1.